The Hall–Kier alpha value is -1.47. The molecule has 1 aromatic heterocycles. The van der Waals surface area contributed by atoms with Gasteiger partial charge in [-0.25, -0.2) is 4.98 Å². The molecule has 1 aromatic carbocycles. The number of nitrogens with two attached hydrogens (primary N) is 1. The van der Waals surface area contributed by atoms with E-state index in [1.54, 1.807) is 0 Å². The van der Waals surface area contributed by atoms with E-state index in [4.69, 9.17) is 22.1 Å². The summed E-state index contributed by atoms with van der Waals surface area (Å²) < 4.78 is 5.34. The molecule has 0 saturated carbocycles. The highest BCUT2D eigenvalue weighted by atomic mass is 35.5. The van der Waals surface area contributed by atoms with E-state index in [9.17, 15) is 0 Å². The van der Waals surface area contributed by atoms with Crippen LogP contribution in [0.2, 0.25) is 5.02 Å². The molecule has 1 aliphatic rings. The van der Waals surface area contributed by atoms with Gasteiger partial charge in [0, 0.05) is 31.1 Å². The van der Waals surface area contributed by atoms with Crippen LogP contribution in [-0.4, -0.2) is 52.9 Å². The minimum atomic E-state index is -0.342. The first-order valence-electron chi connectivity index (χ1n) is 7.45. The quantitative estimate of drug-likeness (QED) is 0.869. The zero-order valence-electron chi connectivity index (χ0n) is 12.3. The van der Waals surface area contributed by atoms with Gasteiger partial charge in [0.05, 0.1) is 19.3 Å². The third-order valence-electron chi connectivity index (χ3n) is 3.82. The number of halogens is 1. The summed E-state index contributed by atoms with van der Waals surface area (Å²) in [4.78, 5) is 6.88. The number of aromatic nitrogens is 3. The zero-order valence-corrected chi connectivity index (χ0v) is 13.1. The molecule has 1 saturated heterocycles. The van der Waals surface area contributed by atoms with E-state index in [1.165, 1.54) is 0 Å². The number of hydrogen-bond acceptors (Lipinski definition) is 5. The summed E-state index contributed by atoms with van der Waals surface area (Å²) in [6, 6.07) is 7.10. The highest BCUT2D eigenvalue weighted by Crippen LogP contribution is 2.18. The minimum Gasteiger partial charge on any atom is -0.379 e. The summed E-state index contributed by atoms with van der Waals surface area (Å²) in [5.41, 5.74) is 7.15. The Morgan fingerprint density at radius 1 is 1.27 bits per heavy atom. The largest absolute Gasteiger partial charge is 0.379 e. The highest BCUT2D eigenvalue weighted by molar-refractivity contribution is 6.30. The first-order valence-corrected chi connectivity index (χ1v) is 7.82. The second-order valence-electron chi connectivity index (χ2n) is 5.37. The highest BCUT2D eigenvalue weighted by Gasteiger charge is 2.16. The molecule has 0 radical (unpaired) electrons. The predicted octanol–water partition coefficient (Wildman–Crippen LogP) is 1.38. The van der Waals surface area contributed by atoms with Crippen LogP contribution in [0, 0.1) is 0 Å². The average Bonchev–Trinajstić information content (AvgIpc) is 3.03. The van der Waals surface area contributed by atoms with Crippen molar-refractivity contribution in [1.82, 2.24) is 20.1 Å². The number of nitrogens with zero attached hydrogens (tertiary/aromatic N) is 3. The summed E-state index contributed by atoms with van der Waals surface area (Å²) >= 11 is 5.89. The van der Waals surface area contributed by atoms with E-state index < -0.39 is 0 Å². The van der Waals surface area contributed by atoms with Gasteiger partial charge >= 0.3 is 0 Å². The second kappa shape index (κ2) is 7.19. The third-order valence-corrected chi connectivity index (χ3v) is 4.08. The number of H-pyrrole nitrogens is 1. The van der Waals surface area contributed by atoms with Crippen LogP contribution in [0.3, 0.4) is 0 Å². The van der Waals surface area contributed by atoms with Crippen molar-refractivity contribution >= 4 is 11.6 Å². The fourth-order valence-electron chi connectivity index (χ4n) is 2.47. The van der Waals surface area contributed by atoms with Crippen molar-refractivity contribution in [3.05, 3.63) is 46.5 Å². The van der Waals surface area contributed by atoms with Gasteiger partial charge in [-0.3, -0.25) is 10.00 Å². The normalized spacial score (nSPS) is 17.5. The standard InChI is InChI=1S/C15H20ClN5O/c16-12-3-1-11(2-4-12)14(17)15-18-13(19-20-15)5-6-21-7-9-22-10-8-21/h1-4,14H,5-10,17H2,(H,18,19,20)/t14-/m0/s1. The molecule has 2 aromatic rings. The number of nitrogens with one attached hydrogen (secondary N) is 1. The molecule has 7 heteroatoms. The van der Waals surface area contributed by atoms with Gasteiger partial charge in [0.25, 0.3) is 0 Å². The molecule has 0 spiro atoms. The van der Waals surface area contributed by atoms with Crippen LogP contribution in [0.25, 0.3) is 0 Å². The monoisotopic (exact) mass is 321 g/mol. The van der Waals surface area contributed by atoms with Gasteiger partial charge in [0.2, 0.25) is 0 Å². The lowest BCUT2D eigenvalue weighted by molar-refractivity contribution is 0.0382. The van der Waals surface area contributed by atoms with Gasteiger partial charge in [-0.15, -0.1) is 0 Å². The maximum atomic E-state index is 6.20. The summed E-state index contributed by atoms with van der Waals surface area (Å²) in [5, 5.41) is 7.92. The number of morpholine rings is 1. The lowest BCUT2D eigenvalue weighted by Gasteiger charge is -2.25. The topological polar surface area (TPSA) is 80.1 Å². The molecule has 1 fully saturated rings. The first kappa shape index (κ1) is 15.4. The first-order chi connectivity index (χ1) is 10.7. The Morgan fingerprint density at radius 3 is 2.73 bits per heavy atom. The molecule has 0 amide bonds. The van der Waals surface area contributed by atoms with Gasteiger partial charge in [0.1, 0.15) is 5.82 Å². The Kier molecular flexibility index (Phi) is 5.04. The molecule has 3 N–H and O–H groups in total. The summed E-state index contributed by atoms with van der Waals surface area (Å²) in [5.74, 6) is 1.48. The molecule has 22 heavy (non-hydrogen) atoms. The molecule has 3 rings (SSSR count). The molecule has 0 unspecified atom stereocenters. The van der Waals surface area contributed by atoms with Crippen LogP contribution in [0.4, 0.5) is 0 Å². The Morgan fingerprint density at radius 2 is 2.00 bits per heavy atom. The van der Waals surface area contributed by atoms with E-state index in [1.807, 2.05) is 24.3 Å². The third kappa shape index (κ3) is 3.84. The number of hydrogen-bond donors (Lipinski definition) is 2. The maximum absolute atomic E-state index is 6.20. The van der Waals surface area contributed by atoms with Gasteiger partial charge in [-0.05, 0) is 17.7 Å². The lowest BCUT2D eigenvalue weighted by atomic mass is 10.1. The second-order valence-corrected chi connectivity index (χ2v) is 5.81. The van der Waals surface area contributed by atoms with Crippen molar-refractivity contribution in [2.45, 2.75) is 12.5 Å². The van der Waals surface area contributed by atoms with Crippen molar-refractivity contribution in [1.29, 1.82) is 0 Å². The van der Waals surface area contributed by atoms with Crippen LogP contribution in [0.15, 0.2) is 24.3 Å². The molecule has 0 aliphatic carbocycles. The predicted molar refractivity (Wildman–Crippen MR) is 84.8 cm³/mol. The van der Waals surface area contributed by atoms with Crippen LogP contribution >= 0.6 is 11.6 Å². The smallest absolute Gasteiger partial charge is 0.171 e. The molecular weight excluding hydrogens is 302 g/mol. The van der Waals surface area contributed by atoms with Gasteiger partial charge < -0.3 is 10.5 Å². The summed E-state index contributed by atoms with van der Waals surface area (Å²) in [6.45, 7) is 4.52. The molecule has 1 aliphatic heterocycles. The summed E-state index contributed by atoms with van der Waals surface area (Å²) in [7, 11) is 0. The minimum absolute atomic E-state index is 0.342. The lowest BCUT2D eigenvalue weighted by Crippen LogP contribution is -2.37. The molecular formula is C15H20ClN5O. The van der Waals surface area contributed by atoms with Crippen LogP contribution in [0.5, 0.6) is 0 Å². The van der Waals surface area contributed by atoms with Crippen molar-refractivity contribution in [2.24, 2.45) is 5.73 Å². The molecule has 0 bridgehead atoms. The van der Waals surface area contributed by atoms with Crippen LogP contribution in [-0.2, 0) is 11.2 Å². The van der Waals surface area contributed by atoms with Crippen molar-refractivity contribution in [2.75, 3.05) is 32.8 Å². The SMILES string of the molecule is N[C@@H](c1ccc(Cl)cc1)c1n[nH]c(CCN2CCOCC2)n1. The molecule has 118 valence electrons. The van der Waals surface area contributed by atoms with Crippen molar-refractivity contribution < 1.29 is 4.74 Å². The van der Waals surface area contributed by atoms with Gasteiger partial charge in [-0.1, -0.05) is 23.7 Å². The number of rotatable bonds is 5. The maximum Gasteiger partial charge on any atom is 0.171 e. The van der Waals surface area contributed by atoms with E-state index >= 15 is 0 Å². The van der Waals surface area contributed by atoms with Crippen LogP contribution < -0.4 is 5.73 Å². The number of aromatic amines is 1. The molecule has 2 heterocycles. The zero-order chi connectivity index (χ0) is 15.4. The Bertz CT molecular complexity index is 594. The molecule has 6 nitrogen and oxygen atoms in total. The van der Waals surface area contributed by atoms with Gasteiger partial charge in [0.15, 0.2) is 5.82 Å². The van der Waals surface area contributed by atoms with Crippen molar-refractivity contribution in [3.63, 3.8) is 0 Å². The van der Waals surface area contributed by atoms with E-state index in [2.05, 4.69) is 20.1 Å². The van der Waals surface area contributed by atoms with E-state index in [-0.39, 0.29) is 6.04 Å². The Labute approximate surface area is 134 Å². The van der Waals surface area contributed by atoms with Crippen LogP contribution in [0.1, 0.15) is 23.3 Å². The average molecular weight is 322 g/mol. The number of benzene rings is 1. The fraction of sp³-hybridized carbons (Fsp3) is 0.467. The van der Waals surface area contributed by atoms with Gasteiger partial charge in [-0.2, -0.15) is 5.10 Å². The van der Waals surface area contributed by atoms with E-state index in [0.29, 0.717) is 10.8 Å². The fourth-order valence-corrected chi connectivity index (χ4v) is 2.59. The van der Waals surface area contributed by atoms with Crippen molar-refractivity contribution in [3.8, 4) is 0 Å². The molecule has 1 atom stereocenters. The Balaban J connectivity index is 1.59. The van der Waals surface area contributed by atoms with E-state index in [0.717, 1.165) is 50.7 Å². The summed E-state index contributed by atoms with van der Waals surface area (Å²) in [6.07, 6.45) is 0.834. The number of ether oxygens (including phenoxy) is 1.